The molecule has 5 nitrogen and oxygen atoms in total. The fourth-order valence-electron chi connectivity index (χ4n) is 1.43. The Kier molecular flexibility index (Phi) is 1.43. The highest BCUT2D eigenvalue weighted by Gasteiger charge is 2.37. The standard InChI is InChI=1S/C8H9N3O2/c1-4-2-8(9,13)7(12)6-5(4)10-3-11-6/h2-3,13H,9H2,1H3,(H,10,11)/t8-/m0/s1. The Morgan fingerprint density at radius 2 is 2.38 bits per heavy atom. The van der Waals surface area contributed by atoms with E-state index in [1.54, 1.807) is 6.92 Å². The van der Waals surface area contributed by atoms with Crippen molar-refractivity contribution in [3.63, 3.8) is 0 Å². The summed E-state index contributed by atoms with van der Waals surface area (Å²) in [5.41, 5.74) is 4.99. The summed E-state index contributed by atoms with van der Waals surface area (Å²) in [6.45, 7) is 1.74. The summed E-state index contributed by atoms with van der Waals surface area (Å²) >= 11 is 0. The van der Waals surface area contributed by atoms with Crippen molar-refractivity contribution in [3.05, 3.63) is 23.8 Å². The average molecular weight is 179 g/mol. The van der Waals surface area contributed by atoms with E-state index in [-0.39, 0.29) is 5.69 Å². The molecule has 1 aliphatic rings. The van der Waals surface area contributed by atoms with E-state index in [1.807, 2.05) is 0 Å². The molecule has 0 saturated heterocycles. The third kappa shape index (κ3) is 1.01. The SMILES string of the molecule is CC1=C[C@](N)(O)C(=O)c2[nH]cnc21. The van der Waals surface area contributed by atoms with Crippen molar-refractivity contribution < 1.29 is 9.90 Å². The molecule has 0 fully saturated rings. The fraction of sp³-hybridized carbons (Fsp3) is 0.250. The number of nitrogens with one attached hydrogen (secondary N) is 1. The molecule has 1 atom stereocenters. The molecule has 0 amide bonds. The van der Waals surface area contributed by atoms with Gasteiger partial charge in [-0.15, -0.1) is 0 Å². The molecule has 0 bridgehead atoms. The van der Waals surface area contributed by atoms with Crippen molar-refractivity contribution in [2.45, 2.75) is 12.6 Å². The van der Waals surface area contributed by atoms with Gasteiger partial charge in [-0.1, -0.05) is 0 Å². The van der Waals surface area contributed by atoms with E-state index >= 15 is 0 Å². The highest BCUT2D eigenvalue weighted by atomic mass is 16.3. The van der Waals surface area contributed by atoms with Gasteiger partial charge >= 0.3 is 0 Å². The second-order valence-electron chi connectivity index (χ2n) is 3.11. The van der Waals surface area contributed by atoms with Crippen molar-refractivity contribution in [2.24, 2.45) is 5.73 Å². The number of nitrogens with two attached hydrogens (primary N) is 1. The smallest absolute Gasteiger partial charge is 0.231 e. The highest BCUT2D eigenvalue weighted by molar-refractivity contribution is 6.08. The molecule has 0 saturated carbocycles. The molecule has 0 unspecified atom stereocenters. The van der Waals surface area contributed by atoms with Crippen LogP contribution in [0.1, 0.15) is 23.1 Å². The van der Waals surface area contributed by atoms with Gasteiger partial charge in [0, 0.05) is 0 Å². The molecule has 1 heterocycles. The number of aromatic amines is 1. The molecular weight excluding hydrogens is 170 g/mol. The Hall–Kier alpha value is -1.46. The van der Waals surface area contributed by atoms with Gasteiger partial charge in [0.05, 0.1) is 12.0 Å². The van der Waals surface area contributed by atoms with Crippen LogP contribution in [0.25, 0.3) is 5.57 Å². The molecule has 13 heavy (non-hydrogen) atoms. The number of allylic oxidation sites excluding steroid dienone is 1. The number of imidazole rings is 1. The molecule has 1 aliphatic carbocycles. The molecule has 5 heteroatoms. The van der Waals surface area contributed by atoms with Crippen LogP contribution >= 0.6 is 0 Å². The summed E-state index contributed by atoms with van der Waals surface area (Å²) in [6, 6.07) is 0. The number of H-pyrrole nitrogens is 1. The van der Waals surface area contributed by atoms with E-state index in [9.17, 15) is 9.90 Å². The zero-order valence-corrected chi connectivity index (χ0v) is 7.03. The Balaban J connectivity index is 2.66. The molecule has 1 aromatic heterocycles. The minimum atomic E-state index is -1.90. The van der Waals surface area contributed by atoms with Crippen LogP contribution in [-0.4, -0.2) is 26.6 Å². The second-order valence-corrected chi connectivity index (χ2v) is 3.11. The van der Waals surface area contributed by atoms with Gasteiger partial charge in [-0.2, -0.15) is 0 Å². The Morgan fingerprint density at radius 3 is 3.08 bits per heavy atom. The van der Waals surface area contributed by atoms with Crippen LogP contribution in [0.15, 0.2) is 12.4 Å². The number of Topliss-reactive ketones (excluding diaryl/α,β-unsaturated/α-hetero) is 1. The normalized spacial score (nSPS) is 27.0. The first-order chi connectivity index (χ1) is 6.02. The van der Waals surface area contributed by atoms with Crippen LogP contribution in [0.2, 0.25) is 0 Å². The summed E-state index contributed by atoms with van der Waals surface area (Å²) in [7, 11) is 0. The van der Waals surface area contributed by atoms with E-state index < -0.39 is 11.5 Å². The highest BCUT2D eigenvalue weighted by Crippen LogP contribution is 2.25. The molecule has 0 aromatic carbocycles. The van der Waals surface area contributed by atoms with Crippen molar-refractivity contribution in [2.75, 3.05) is 0 Å². The summed E-state index contributed by atoms with van der Waals surface area (Å²) < 4.78 is 0. The minimum absolute atomic E-state index is 0.269. The number of carbonyl (C=O) groups is 1. The van der Waals surface area contributed by atoms with Gasteiger partial charge in [-0.25, -0.2) is 4.98 Å². The number of fused-ring (bicyclic) bond motifs is 1. The number of rotatable bonds is 0. The maximum Gasteiger partial charge on any atom is 0.231 e. The maximum absolute atomic E-state index is 11.5. The van der Waals surface area contributed by atoms with Crippen LogP contribution in [-0.2, 0) is 0 Å². The van der Waals surface area contributed by atoms with Crippen LogP contribution < -0.4 is 5.73 Å². The van der Waals surface area contributed by atoms with E-state index in [2.05, 4.69) is 9.97 Å². The first kappa shape index (κ1) is 8.15. The van der Waals surface area contributed by atoms with Crippen LogP contribution in [0.5, 0.6) is 0 Å². The van der Waals surface area contributed by atoms with Crippen LogP contribution in [0.4, 0.5) is 0 Å². The molecule has 0 aliphatic heterocycles. The van der Waals surface area contributed by atoms with Gasteiger partial charge in [0.15, 0.2) is 5.72 Å². The number of carbonyl (C=O) groups excluding carboxylic acids is 1. The van der Waals surface area contributed by atoms with Crippen molar-refractivity contribution in [1.29, 1.82) is 0 Å². The maximum atomic E-state index is 11.5. The third-order valence-corrected chi connectivity index (χ3v) is 2.04. The van der Waals surface area contributed by atoms with Crippen molar-refractivity contribution in [3.8, 4) is 0 Å². The summed E-state index contributed by atoms with van der Waals surface area (Å²) in [5.74, 6) is -0.550. The van der Waals surface area contributed by atoms with Gasteiger partial charge in [0.2, 0.25) is 5.78 Å². The zero-order valence-electron chi connectivity index (χ0n) is 7.03. The second kappa shape index (κ2) is 2.27. The number of aliphatic hydroxyl groups is 1. The van der Waals surface area contributed by atoms with Crippen LogP contribution in [0.3, 0.4) is 0 Å². The predicted molar refractivity (Wildman–Crippen MR) is 45.7 cm³/mol. The molecule has 68 valence electrons. The van der Waals surface area contributed by atoms with E-state index in [0.29, 0.717) is 11.3 Å². The molecule has 2 rings (SSSR count). The first-order valence-electron chi connectivity index (χ1n) is 3.81. The van der Waals surface area contributed by atoms with Crippen molar-refractivity contribution in [1.82, 2.24) is 9.97 Å². The molecule has 4 N–H and O–H groups in total. The average Bonchev–Trinajstić information content (AvgIpc) is 2.47. The zero-order chi connectivity index (χ0) is 9.64. The number of ketones is 1. The summed E-state index contributed by atoms with van der Waals surface area (Å²) in [5, 5.41) is 9.48. The fourth-order valence-corrected chi connectivity index (χ4v) is 1.43. The lowest BCUT2D eigenvalue weighted by Gasteiger charge is -2.22. The minimum Gasteiger partial charge on any atom is -0.366 e. The topological polar surface area (TPSA) is 92.0 Å². The lowest BCUT2D eigenvalue weighted by Crippen LogP contribution is -2.48. The Morgan fingerprint density at radius 1 is 1.69 bits per heavy atom. The van der Waals surface area contributed by atoms with Crippen molar-refractivity contribution >= 4 is 11.4 Å². The lowest BCUT2D eigenvalue weighted by molar-refractivity contribution is 0.0540. The van der Waals surface area contributed by atoms with Gasteiger partial charge in [-0.3, -0.25) is 10.5 Å². The number of nitrogens with zero attached hydrogens (tertiary/aromatic N) is 1. The summed E-state index contributed by atoms with van der Waals surface area (Å²) in [4.78, 5) is 18.0. The third-order valence-electron chi connectivity index (χ3n) is 2.04. The number of hydrogen-bond acceptors (Lipinski definition) is 4. The number of hydrogen-bond donors (Lipinski definition) is 3. The predicted octanol–water partition coefficient (Wildman–Crippen LogP) is -0.343. The lowest BCUT2D eigenvalue weighted by atomic mass is 9.94. The first-order valence-corrected chi connectivity index (χ1v) is 3.81. The number of aromatic nitrogens is 2. The quantitative estimate of drug-likeness (QED) is 0.475. The molecule has 0 spiro atoms. The largest absolute Gasteiger partial charge is 0.366 e. The van der Waals surface area contributed by atoms with E-state index in [1.165, 1.54) is 12.4 Å². The molecular formula is C8H9N3O2. The van der Waals surface area contributed by atoms with Gasteiger partial charge in [0.1, 0.15) is 5.69 Å². The van der Waals surface area contributed by atoms with Gasteiger partial charge < -0.3 is 10.1 Å². The molecule has 0 radical (unpaired) electrons. The van der Waals surface area contributed by atoms with Crippen LogP contribution in [0, 0.1) is 0 Å². The van der Waals surface area contributed by atoms with Gasteiger partial charge in [0.25, 0.3) is 0 Å². The molecule has 1 aromatic rings. The summed E-state index contributed by atoms with van der Waals surface area (Å²) in [6.07, 6.45) is 2.71. The monoisotopic (exact) mass is 179 g/mol. The Labute approximate surface area is 74.3 Å². The van der Waals surface area contributed by atoms with E-state index in [4.69, 9.17) is 5.73 Å². The Bertz CT molecular complexity index is 403. The van der Waals surface area contributed by atoms with E-state index in [0.717, 1.165) is 0 Å². The van der Waals surface area contributed by atoms with Gasteiger partial charge in [-0.05, 0) is 18.6 Å².